The summed E-state index contributed by atoms with van der Waals surface area (Å²) in [5.74, 6) is -0.664. The molecule has 0 amide bonds. The summed E-state index contributed by atoms with van der Waals surface area (Å²) in [6.07, 6.45) is 1.26. The van der Waals surface area contributed by atoms with Crippen molar-refractivity contribution in [2.45, 2.75) is 0 Å². The van der Waals surface area contributed by atoms with E-state index in [-0.39, 0.29) is 11.5 Å². The molecule has 5 heteroatoms. The average molecular weight is 195 g/mol. The maximum absolute atomic E-state index is 13.3. The first kappa shape index (κ1) is 8.12. The highest BCUT2D eigenvalue weighted by Gasteiger charge is 2.10. The van der Waals surface area contributed by atoms with Crippen LogP contribution in [0.4, 0.5) is 10.2 Å². The Morgan fingerprint density at radius 2 is 2.23 bits per heavy atom. The van der Waals surface area contributed by atoms with Crippen LogP contribution in [0.5, 0.6) is 0 Å². The summed E-state index contributed by atoms with van der Waals surface area (Å²) in [6.45, 7) is 0. The number of anilines is 1. The maximum Gasteiger partial charge on any atom is 0.192 e. The van der Waals surface area contributed by atoms with Crippen molar-refractivity contribution in [3.05, 3.63) is 29.7 Å². The van der Waals surface area contributed by atoms with E-state index in [2.05, 4.69) is 9.97 Å². The molecule has 0 spiro atoms. The first-order valence-corrected chi connectivity index (χ1v) is 4.47. The third kappa shape index (κ3) is 1.38. The second-order valence-electron chi connectivity index (χ2n) is 2.40. The number of aromatic nitrogens is 2. The molecule has 0 aliphatic heterocycles. The minimum Gasteiger partial charge on any atom is -0.381 e. The van der Waals surface area contributed by atoms with Crippen LogP contribution in [0.25, 0.3) is 10.6 Å². The van der Waals surface area contributed by atoms with Crippen LogP contribution in [-0.2, 0) is 0 Å². The second-order valence-corrected chi connectivity index (χ2v) is 3.35. The van der Waals surface area contributed by atoms with Crippen LogP contribution in [0, 0.1) is 5.82 Å². The Morgan fingerprint density at radius 3 is 2.92 bits per heavy atom. The Morgan fingerprint density at radius 1 is 1.38 bits per heavy atom. The molecule has 0 bridgehead atoms. The largest absolute Gasteiger partial charge is 0.381 e. The number of nitrogen functional groups attached to an aromatic ring is 1. The van der Waals surface area contributed by atoms with Crippen molar-refractivity contribution in [1.82, 2.24) is 9.97 Å². The number of hydrogen-bond donors (Lipinski definition) is 1. The van der Waals surface area contributed by atoms with Gasteiger partial charge in [0.1, 0.15) is 12.0 Å². The molecule has 0 saturated carbocycles. The van der Waals surface area contributed by atoms with E-state index in [1.165, 1.54) is 17.7 Å². The standard InChI is InChI=1S/C8H6FN3S/c9-6-7(5-2-1-3-13-5)11-4-12-8(6)10/h1-4H,(H2,10,11,12). The van der Waals surface area contributed by atoms with E-state index in [1.807, 2.05) is 11.4 Å². The van der Waals surface area contributed by atoms with Crippen LogP contribution in [-0.4, -0.2) is 9.97 Å². The van der Waals surface area contributed by atoms with E-state index in [4.69, 9.17) is 5.73 Å². The molecule has 0 aliphatic carbocycles. The van der Waals surface area contributed by atoms with Gasteiger partial charge in [-0.25, -0.2) is 14.4 Å². The quantitative estimate of drug-likeness (QED) is 0.756. The van der Waals surface area contributed by atoms with Crippen LogP contribution >= 0.6 is 11.3 Å². The lowest BCUT2D eigenvalue weighted by Crippen LogP contribution is -1.98. The molecule has 2 aromatic rings. The third-order valence-electron chi connectivity index (χ3n) is 1.57. The van der Waals surface area contributed by atoms with Crippen molar-refractivity contribution in [2.75, 3.05) is 5.73 Å². The van der Waals surface area contributed by atoms with Gasteiger partial charge in [0.25, 0.3) is 0 Å². The van der Waals surface area contributed by atoms with Crippen LogP contribution < -0.4 is 5.73 Å². The molecule has 66 valence electrons. The molecule has 3 nitrogen and oxygen atoms in total. The highest BCUT2D eigenvalue weighted by Crippen LogP contribution is 2.26. The minimum atomic E-state index is -0.551. The van der Waals surface area contributed by atoms with E-state index < -0.39 is 5.82 Å². The number of nitrogens with two attached hydrogens (primary N) is 1. The monoisotopic (exact) mass is 195 g/mol. The van der Waals surface area contributed by atoms with Crippen molar-refractivity contribution in [2.24, 2.45) is 0 Å². The third-order valence-corrected chi connectivity index (χ3v) is 2.45. The molecule has 13 heavy (non-hydrogen) atoms. The molecule has 0 atom stereocenters. The van der Waals surface area contributed by atoms with Gasteiger partial charge in [-0.05, 0) is 11.4 Å². The van der Waals surface area contributed by atoms with Gasteiger partial charge in [0, 0.05) is 0 Å². The summed E-state index contributed by atoms with van der Waals surface area (Å²) in [7, 11) is 0. The fourth-order valence-electron chi connectivity index (χ4n) is 0.969. The van der Waals surface area contributed by atoms with E-state index >= 15 is 0 Å². The van der Waals surface area contributed by atoms with Gasteiger partial charge < -0.3 is 5.73 Å². The molecule has 0 fully saturated rings. The number of thiophene rings is 1. The van der Waals surface area contributed by atoms with Crippen LogP contribution in [0.1, 0.15) is 0 Å². The van der Waals surface area contributed by atoms with E-state index in [0.29, 0.717) is 0 Å². The summed E-state index contributed by atoms with van der Waals surface area (Å²) >= 11 is 1.41. The lowest BCUT2D eigenvalue weighted by molar-refractivity contribution is 0.624. The fourth-order valence-corrected chi connectivity index (χ4v) is 1.68. The molecule has 2 rings (SSSR count). The number of rotatable bonds is 1. The SMILES string of the molecule is Nc1ncnc(-c2cccs2)c1F. The fraction of sp³-hybridized carbons (Fsp3) is 0. The van der Waals surface area contributed by atoms with Gasteiger partial charge in [-0.1, -0.05) is 6.07 Å². The van der Waals surface area contributed by atoms with Crippen LogP contribution in [0.15, 0.2) is 23.8 Å². The molecule has 0 aromatic carbocycles. The normalized spacial score (nSPS) is 10.2. The lowest BCUT2D eigenvalue weighted by atomic mass is 10.3. The van der Waals surface area contributed by atoms with Crippen LogP contribution in [0.2, 0.25) is 0 Å². The summed E-state index contributed by atoms with van der Waals surface area (Å²) in [4.78, 5) is 8.13. The molecular weight excluding hydrogens is 189 g/mol. The van der Waals surface area contributed by atoms with E-state index in [9.17, 15) is 4.39 Å². The Bertz CT molecular complexity index is 413. The predicted octanol–water partition coefficient (Wildman–Crippen LogP) is 1.93. The Hall–Kier alpha value is -1.49. The zero-order valence-electron chi connectivity index (χ0n) is 6.57. The number of hydrogen-bond acceptors (Lipinski definition) is 4. The number of halogens is 1. The minimum absolute atomic E-state index is 0.113. The van der Waals surface area contributed by atoms with Gasteiger partial charge in [-0.2, -0.15) is 0 Å². The Kier molecular flexibility index (Phi) is 1.94. The average Bonchev–Trinajstić information content (AvgIpc) is 2.62. The van der Waals surface area contributed by atoms with Crippen molar-refractivity contribution < 1.29 is 4.39 Å². The molecule has 0 radical (unpaired) electrons. The molecule has 2 aromatic heterocycles. The summed E-state index contributed by atoms with van der Waals surface area (Å²) in [5.41, 5.74) is 5.57. The van der Waals surface area contributed by atoms with E-state index in [0.717, 1.165) is 4.88 Å². The molecule has 0 saturated heterocycles. The molecule has 0 unspecified atom stereocenters. The molecule has 2 N–H and O–H groups in total. The van der Waals surface area contributed by atoms with Gasteiger partial charge in [0.2, 0.25) is 0 Å². The zero-order valence-corrected chi connectivity index (χ0v) is 7.38. The summed E-state index contributed by atoms with van der Waals surface area (Å²) in [6, 6.07) is 3.62. The highest BCUT2D eigenvalue weighted by atomic mass is 32.1. The zero-order chi connectivity index (χ0) is 9.26. The number of nitrogens with zero attached hydrogens (tertiary/aromatic N) is 2. The van der Waals surface area contributed by atoms with Crippen LogP contribution in [0.3, 0.4) is 0 Å². The second kappa shape index (κ2) is 3.10. The van der Waals surface area contributed by atoms with Gasteiger partial charge >= 0.3 is 0 Å². The van der Waals surface area contributed by atoms with Gasteiger partial charge in [-0.15, -0.1) is 11.3 Å². The molecule has 2 heterocycles. The van der Waals surface area contributed by atoms with Crippen molar-refractivity contribution in [3.63, 3.8) is 0 Å². The highest BCUT2D eigenvalue weighted by molar-refractivity contribution is 7.13. The summed E-state index contributed by atoms with van der Waals surface area (Å²) in [5, 5.41) is 1.85. The smallest absolute Gasteiger partial charge is 0.192 e. The van der Waals surface area contributed by atoms with Gasteiger partial charge in [-0.3, -0.25) is 0 Å². The topological polar surface area (TPSA) is 51.8 Å². The van der Waals surface area contributed by atoms with Crippen molar-refractivity contribution in [1.29, 1.82) is 0 Å². The Balaban J connectivity index is 2.59. The van der Waals surface area contributed by atoms with Crippen molar-refractivity contribution >= 4 is 17.2 Å². The van der Waals surface area contributed by atoms with E-state index in [1.54, 1.807) is 6.07 Å². The summed E-state index contributed by atoms with van der Waals surface area (Å²) < 4.78 is 13.3. The van der Waals surface area contributed by atoms with Crippen molar-refractivity contribution in [3.8, 4) is 10.6 Å². The molecular formula is C8H6FN3S. The maximum atomic E-state index is 13.3. The first-order valence-electron chi connectivity index (χ1n) is 3.59. The van der Waals surface area contributed by atoms with Gasteiger partial charge in [0.15, 0.2) is 11.6 Å². The lowest BCUT2D eigenvalue weighted by Gasteiger charge is -1.99. The first-order chi connectivity index (χ1) is 6.29. The van der Waals surface area contributed by atoms with Gasteiger partial charge in [0.05, 0.1) is 4.88 Å². The predicted molar refractivity (Wildman–Crippen MR) is 49.7 cm³/mol. The molecule has 0 aliphatic rings. The Labute approximate surface area is 78.1 Å².